The van der Waals surface area contributed by atoms with Crippen molar-refractivity contribution in [1.82, 2.24) is 5.32 Å². The average molecular weight is 283 g/mol. The molecule has 0 heterocycles. The summed E-state index contributed by atoms with van der Waals surface area (Å²) in [5, 5.41) is 3.44. The molecule has 0 saturated heterocycles. The number of halogens is 1. The van der Waals surface area contributed by atoms with Gasteiger partial charge in [0.25, 0.3) is 0 Å². The Bertz CT molecular complexity index is 617. The number of aryl methyl sites for hydroxylation is 1. The fraction of sp³-hybridized carbons (Fsp3) is 0.368. The minimum Gasteiger partial charge on any atom is -0.312 e. The number of nitrogens with one attached hydrogen (secondary N) is 1. The van der Waals surface area contributed by atoms with E-state index in [9.17, 15) is 4.39 Å². The molecule has 1 fully saturated rings. The third-order valence-corrected chi connectivity index (χ3v) is 4.96. The summed E-state index contributed by atoms with van der Waals surface area (Å²) < 4.78 is 14.0. The van der Waals surface area contributed by atoms with E-state index in [0.717, 1.165) is 18.4 Å². The maximum atomic E-state index is 14.0. The van der Waals surface area contributed by atoms with E-state index in [1.54, 1.807) is 6.07 Å². The quantitative estimate of drug-likeness (QED) is 0.870. The molecule has 0 radical (unpaired) electrons. The maximum absolute atomic E-state index is 14.0. The smallest absolute Gasteiger partial charge is 0.126 e. The summed E-state index contributed by atoms with van der Waals surface area (Å²) in [5.74, 6) is -0.115. The van der Waals surface area contributed by atoms with Gasteiger partial charge in [0.15, 0.2) is 0 Å². The Hall–Kier alpha value is -1.67. The Kier molecular flexibility index (Phi) is 3.81. The van der Waals surface area contributed by atoms with Crippen molar-refractivity contribution in [2.45, 2.75) is 37.6 Å². The van der Waals surface area contributed by atoms with Crippen molar-refractivity contribution < 1.29 is 4.39 Å². The first-order chi connectivity index (χ1) is 10.2. The van der Waals surface area contributed by atoms with Crippen LogP contribution in [0.2, 0.25) is 0 Å². The predicted molar refractivity (Wildman–Crippen MR) is 84.9 cm³/mol. The topological polar surface area (TPSA) is 12.0 Å². The largest absolute Gasteiger partial charge is 0.312 e. The van der Waals surface area contributed by atoms with Gasteiger partial charge in [-0.05, 0) is 49.6 Å². The first kappa shape index (κ1) is 14.3. The van der Waals surface area contributed by atoms with Gasteiger partial charge in [-0.15, -0.1) is 0 Å². The number of hydrogen-bond donors (Lipinski definition) is 1. The van der Waals surface area contributed by atoms with Gasteiger partial charge in [0.05, 0.1) is 0 Å². The van der Waals surface area contributed by atoms with Gasteiger partial charge < -0.3 is 5.32 Å². The molecule has 2 aromatic carbocycles. The second kappa shape index (κ2) is 5.61. The molecule has 1 aliphatic carbocycles. The van der Waals surface area contributed by atoms with E-state index in [4.69, 9.17) is 0 Å². The van der Waals surface area contributed by atoms with Crippen LogP contribution in [0.15, 0.2) is 48.5 Å². The van der Waals surface area contributed by atoms with Gasteiger partial charge in [-0.3, -0.25) is 0 Å². The molecule has 2 heteroatoms. The molecule has 0 aromatic heterocycles. The van der Waals surface area contributed by atoms with Gasteiger partial charge >= 0.3 is 0 Å². The minimum atomic E-state index is -0.115. The van der Waals surface area contributed by atoms with Gasteiger partial charge in [-0.1, -0.05) is 48.9 Å². The molecule has 1 N–H and O–H groups in total. The molecule has 1 unspecified atom stereocenters. The molecule has 0 aliphatic heterocycles. The van der Waals surface area contributed by atoms with Crippen LogP contribution in [0.1, 0.15) is 42.0 Å². The van der Waals surface area contributed by atoms with E-state index < -0.39 is 0 Å². The highest BCUT2D eigenvalue weighted by Crippen LogP contribution is 2.52. The summed E-state index contributed by atoms with van der Waals surface area (Å²) in [5.41, 5.74) is 3.20. The summed E-state index contributed by atoms with van der Waals surface area (Å²) in [6, 6.07) is 16.4. The van der Waals surface area contributed by atoms with Crippen molar-refractivity contribution in [3.8, 4) is 0 Å². The highest BCUT2D eigenvalue weighted by atomic mass is 19.1. The van der Waals surface area contributed by atoms with Gasteiger partial charge in [0, 0.05) is 11.5 Å². The molecule has 21 heavy (non-hydrogen) atoms. The van der Waals surface area contributed by atoms with Crippen LogP contribution in [0.4, 0.5) is 4.39 Å². The van der Waals surface area contributed by atoms with E-state index in [1.165, 1.54) is 12.0 Å². The lowest BCUT2D eigenvalue weighted by atomic mass is 9.59. The van der Waals surface area contributed by atoms with Crippen molar-refractivity contribution in [3.63, 3.8) is 0 Å². The lowest BCUT2D eigenvalue weighted by molar-refractivity contribution is 0.175. The molecule has 0 spiro atoms. The van der Waals surface area contributed by atoms with Crippen LogP contribution in [0.3, 0.4) is 0 Å². The van der Waals surface area contributed by atoms with Crippen LogP contribution in [-0.2, 0) is 5.41 Å². The zero-order valence-electron chi connectivity index (χ0n) is 12.7. The van der Waals surface area contributed by atoms with E-state index in [2.05, 4.69) is 41.7 Å². The molecule has 3 rings (SSSR count). The van der Waals surface area contributed by atoms with E-state index in [-0.39, 0.29) is 17.3 Å². The Morgan fingerprint density at radius 1 is 1.10 bits per heavy atom. The fourth-order valence-electron chi connectivity index (χ4n) is 3.62. The van der Waals surface area contributed by atoms with Crippen LogP contribution in [0.25, 0.3) is 0 Å². The van der Waals surface area contributed by atoms with Crippen LogP contribution >= 0.6 is 0 Å². The average Bonchev–Trinajstić information content (AvgIpc) is 2.47. The van der Waals surface area contributed by atoms with Gasteiger partial charge in [-0.2, -0.15) is 0 Å². The van der Waals surface area contributed by atoms with Crippen LogP contribution < -0.4 is 5.32 Å². The number of rotatable bonds is 4. The highest BCUT2D eigenvalue weighted by molar-refractivity contribution is 5.37. The van der Waals surface area contributed by atoms with E-state index in [0.29, 0.717) is 5.56 Å². The summed E-state index contributed by atoms with van der Waals surface area (Å²) in [4.78, 5) is 0. The second-order valence-electron chi connectivity index (χ2n) is 6.11. The molecule has 0 amide bonds. The van der Waals surface area contributed by atoms with Crippen molar-refractivity contribution in [3.05, 3.63) is 71.0 Å². The SMILES string of the molecule is CNC(c1ccc(C)c(F)c1)C1(c2ccccc2)CCC1. The maximum Gasteiger partial charge on any atom is 0.126 e. The molecule has 1 atom stereocenters. The third kappa shape index (κ3) is 2.38. The lowest BCUT2D eigenvalue weighted by Crippen LogP contribution is -2.45. The summed E-state index contributed by atoms with van der Waals surface area (Å²) in [6.45, 7) is 1.81. The van der Waals surface area contributed by atoms with Crippen molar-refractivity contribution in [2.75, 3.05) is 7.05 Å². The Morgan fingerprint density at radius 2 is 1.81 bits per heavy atom. The summed E-state index contributed by atoms with van der Waals surface area (Å²) in [6.07, 6.45) is 3.54. The second-order valence-corrected chi connectivity index (χ2v) is 6.11. The summed E-state index contributed by atoms with van der Waals surface area (Å²) >= 11 is 0. The normalized spacial score (nSPS) is 18.0. The number of likely N-dealkylation sites (N-methyl/N-ethyl adjacent to an activating group) is 1. The monoisotopic (exact) mass is 283 g/mol. The van der Waals surface area contributed by atoms with Crippen LogP contribution in [-0.4, -0.2) is 7.05 Å². The molecule has 1 aliphatic rings. The predicted octanol–water partition coefficient (Wildman–Crippen LogP) is 4.52. The van der Waals surface area contributed by atoms with Crippen molar-refractivity contribution in [1.29, 1.82) is 0 Å². The molecule has 2 aromatic rings. The fourth-order valence-corrected chi connectivity index (χ4v) is 3.62. The minimum absolute atomic E-state index is 0.0949. The van der Waals surface area contributed by atoms with Crippen LogP contribution in [0.5, 0.6) is 0 Å². The Morgan fingerprint density at radius 3 is 2.33 bits per heavy atom. The zero-order valence-corrected chi connectivity index (χ0v) is 12.7. The van der Waals surface area contributed by atoms with Crippen LogP contribution in [0, 0.1) is 12.7 Å². The molecule has 1 nitrogen and oxygen atoms in total. The highest BCUT2D eigenvalue weighted by Gasteiger charge is 2.45. The van der Waals surface area contributed by atoms with Crippen molar-refractivity contribution in [2.24, 2.45) is 0 Å². The number of hydrogen-bond acceptors (Lipinski definition) is 1. The molecular formula is C19H22FN. The van der Waals surface area contributed by atoms with Gasteiger partial charge in [0.2, 0.25) is 0 Å². The van der Waals surface area contributed by atoms with E-state index in [1.807, 2.05) is 20.0 Å². The molecule has 110 valence electrons. The lowest BCUT2D eigenvalue weighted by Gasteiger charge is -2.48. The standard InChI is InChI=1S/C19H22FN/c1-14-9-10-15(13-17(14)20)18(21-2)19(11-6-12-19)16-7-4-3-5-8-16/h3-5,7-10,13,18,21H,6,11-12H2,1-2H3. The first-order valence-electron chi connectivity index (χ1n) is 7.66. The Labute approximate surface area is 126 Å². The number of benzene rings is 2. The molecule has 1 saturated carbocycles. The van der Waals surface area contributed by atoms with E-state index >= 15 is 0 Å². The van der Waals surface area contributed by atoms with Gasteiger partial charge in [0.1, 0.15) is 5.82 Å². The Balaban J connectivity index is 2.03. The third-order valence-electron chi connectivity index (χ3n) is 4.96. The summed E-state index contributed by atoms with van der Waals surface area (Å²) in [7, 11) is 1.98. The van der Waals surface area contributed by atoms with Crippen molar-refractivity contribution >= 4 is 0 Å². The molecular weight excluding hydrogens is 261 g/mol. The first-order valence-corrected chi connectivity index (χ1v) is 7.66. The molecule has 0 bridgehead atoms. The van der Waals surface area contributed by atoms with Gasteiger partial charge in [-0.25, -0.2) is 4.39 Å². The zero-order chi connectivity index (χ0) is 14.9.